The fourth-order valence-electron chi connectivity index (χ4n) is 1.09. The van der Waals surface area contributed by atoms with E-state index in [1.807, 2.05) is 0 Å². The minimum atomic E-state index is -4.43. The lowest BCUT2D eigenvalue weighted by Crippen LogP contribution is -2.20. The summed E-state index contributed by atoms with van der Waals surface area (Å²) in [6.07, 6.45) is -3.17. The largest absolute Gasteiger partial charge is 0.467 e. The summed E-state index contributed by atoms with van der Waals surface area (Å²) in [4.78, 5) is 7.29. The average molecular weight is 233 g/mol. The second-order valence-corrected chi connectivity index (χ2v) is 2.92. The van der Waals surface area contributed by atoms with Crippen LogP contribution < -0.4 is 10.5 Å². The van der Waals surface area contributed by atoms with Crippen LogP contribution in [0.15, 0.2) is 6.20 Å². The van der Waals surface area contributed by atoms with Gasteiger partial charge in [-0.1, -0.05) is 0 Å². The van der Waals surface area contributed by atoms with E-state index in [-0.39, 0.29) is 22.9 Å². The van der Waals surface area contributed by atoms with E-state index in [1.54, 1.807) is 0 Å². The monoisotopic (exact) mass is 233 g/mol. The molecule has 0 atom stereocenters. The Labute approximate surface area is 86.6 Å². The van der Waals surface area contributed by atoms with Gasteiger partial charge in [0.15, 0.2) is 12.3 Å². The summed E-state index contributed by atoms with van der Waals surface area (Å²) >= 11 is 0. The zero-order valence-electron chi connectivity index (χ0n) is 7.75. The number of nitrogens with one attached hydrogen (secondary N) is 1. The van der Waals surface area contributed by atoms with Gasteiger partial charge >= 0.3 is 6.18 Å². The van der Waals surface area contributed by atoms with Gasteiger partial charge < -0.3 is 10.5 Å². The molecule has 0 unspecified atom stereocenters. The van der Waals surface area contributed by atoms with Crippen LogP contribution in [0, 0.1) is 0 Å². The van der Waals surface area contributed by atoms with Crippen LogP contribution >= 0.6 is 0 Å². The number of aromatic amines is 1. The lowest BCUT2D eigenvalue weighted by molar-refractivity contribution is -0.153. The molecule has 0 amide bonds. The molecule has 0 saturated heterocycles. The Morgan fingerprint density at radius 3 is 2.81 bits per heavy atom. The van der Waals surface area contributed by atoms with Crippen LogP contribution in [0.3, 0.4) is 0 Å². The molecule has 0 aromatic carbocycles. The smallest absolute Gasteiger partial charge is 0.422 e. The number of H-pyrrole nitrogens is 1. The predicted octanol–water partition coefficient (Wildman–Crippen LogP) is 0.876. The number of nitrogens with zero attached hydrogens (tertiary/aromatic N) is 3. The van der Waals surface area contributed by atoms with Gasteiger partial charge in [0.2, 0.25) is 11.8 Å². The van der Waals surface area contributed by atoms with E-state index in [4.69, 9.17) is 5.73 Å². The van der Waals surface area contributed by atoms with Gasteiger partial charge in [-0.2, -0.15) is 28.2 Å². The molecule has 0 radical (unpaired) electrons. The van der Waals surface area contributed by atoms with Crippen molar-refractivity contribution in [1.29, 1.82) is 0 Å². The van der Waals surface area contributed by atoms with Gasteiger partial charge in [-0.3, -0.25) is 5.10 Å². The number of hydrogen-bond donors (Lipinski definition) is 2. The van der Waals surface area contributed by atoms with Crippen LogP contribution in [0.25, 0.3) is 11.0 Å². The van der Waals surface area contributed by atoms with E-state index >= 15 is 0 Å². The van der Waals surface area contributed by atoms with Crippen LogP contribution in [-0.4, -0.2) is 32.9 Å². The van der Waals surface area contributed by atoms with Gasteiger partial charge in [-0.25, -0.2) is 0 Å². The van der Waals surface area contributed by atoms with Crippen molar-refractivity contribution in [1.82, 2.24) is 20.2 Å². The summed E-state index contributed by atoms with van der Waals surface area (Å²) < 4.78 is 40.3. The highest BCUT2D eigenvalue weighted by Crippen LogP contribution is 2.23. The first-order valence-corrected chi connectivity index (χ1v) is 4.12. The van der Waals surface area contributed by atoms with Gasteiger partial charge in [0.1, 0.15) is 5.39 Å². The third-order valence-electron chi connectivity index (χ3n) is 1.66. The topological polar surface area (TPSA) is 89.7 Å². The summed E-state index contributed by atoms with van der Waals surface area (Å²) in [6.45, 7) is -1.44. The van der Waals surface area contributed by atoms with Crippen LogP contribution in [0.1, 0.15) is 0 Å². The molecule has 0 bridgehead atoms. The van der Waals surface area contributed by atoms with Crippen LogP contribution in [0.5, 0.6) is 5.88 Å². The van der Waals surface area contributed by atoms with Crippen LogP contribution in [-0.2, 0) is 0 Å². The van der Waals surface area contributed by atoms with Gasteiger partial charge in [0, 0.05) is 0 Å². The maximum Gasteiger partial charge on any atom is 0.422 e. The molecule has 16 heavy (non-hydrogen) atoms. The number of anilines is 1. The number of hydrogen-bond acceptors (Lipinski definition) is 5. The van der Waals surface area contributed by atoms with E-state index in [1.165, 1.54) is 6.20 Å². The molecule has 9 heteroatoms. The fraction of sp³-hybridized carbons (Fsp3) is 0.286. The Kier molecular flexibility index (Phi) is 2.29. The molecule has 0 aliphatic heterocycles. The van der Waals surface area contributed by atoms with Crippen LogP contribution in [0.4, 0.5) is 19.1 Å². The molecule has 6 nitrogen and oxygen atoms in total. The number of halogens is 3. The maximum atomic E-state index is 11.9. The molecule has 0 spiro atoms. The van der Waals surface area contributed by atoms with Gasteiger partial charge in [-0.15, -0.1) is 0 Å². The van der Waals surface area contributed by atoms with Crippen molar-refractivity contribution < 1.29 is 17.9 Å². The third-order valence-corrected chi connectivity index (χ3v) is 1.66. The minimum absolute atomic E-state index is 0.186. The number of rotatable bonds is 2. The standard InChI is InChI=1S/C7H6F3N5O/c8-7(9,10)2-16-5-3-1-12-15-4(3)13-6(11)14-5/h1H,2H2,(H3,11,12,13,14,15). The molecule has 86 valence electrons. The van der Waals surface area contributed by atoms with Crippen molar-refractivity contribution in [2.45, 2.75) is 6.18 Å². The SMILES string of the molecule is Nc1nc(OCC(F)(F)F)c2cn[nH]c2n1. The Balaban J connectivity index is 2.32. The number of fused-ring (bicyclic) bond motifs is 1. The van der Waals surface area contributed by atoms with Crippen molar-refractivity contribution in [2.24, 2.45) is 0 Å². The Bertz CT molecular complexity index is 508. The van der Waals surface area contributed by atoms with Gasteiger partial charge in [0.25, 0.3) is 0 Å². The number of nitrogens with two attached hydrogens (primary N) is 1. The van der Waals surface area contributed by atoms with Crippen molar-refractivity contribution >= 4 is 17.0 Å². The zero-order valence-corrected chi connectivity index (χ0v) is 7.75. The Morgan fingerprint density at radius 2 is 2.12 bits per heavy atom. The first-order valence-electron chi connectivity index (χ1n) is 4.12. The highest BCUT2D eigenvalue weighted by atomic mass is 19.4. The second-order valence-electron chi connectivity index (χ2n) is 2.92. The predicted molar refractivity (Wildman–Crippen MR) is 47.6 cm³/mol. The number of alkyl halides is 3. The van der Waals surface area contributed by atoms with Crippen LogP contribution in [0.2, 0.25) is 0 Å². The molecule has 0 aliphatic carbocycles. The summed E-state index contributed by atoms with van der Waals surface area (Å²) in [7, 11) is 0. The van der Waals surface area contributed by atoms with Crippen molar-refractivity contribution in [2.75, 3.05) is 12.3 Å². The van der Waals surface area contributed by atoms with Gasteiger partial charge in [-0.05, 0) is 0 Å². The van der Waals surface area contributed by atoms with Crippen molar-refractivity contribution in [3.63, 3.8) is 0 Å². The molecule has 0 saturated carbocycles. The summed E-state index contributed by atoms with van der Waals surface area (Å²) in [6, 6.07) is 0. The first-order chi connectivity index (χ1) is 7.46. The van der Waals surface area contributed by atoms with E-state index < -0.39 is 12.8 Å². The third kappa shape index (κ3) is 2.12. The average Bonchev–Trinajstić information content (AvgIpc) is 2.60. The van der Waals surface area contributed by atoms with E-state index in [0.29, 0.717) is 0 Å². The molecule has 0 fully saturated rings. The molecule has 2 aromatic heterocycles. The summed E-state index contributed by atoms with van der Waals surface area (Å²) in [5.74, 6) is -0.428. The van der Waals surface area contributed by atoms with E-state index in [0.717, 1.165) is 0 Å². The molecule has 2 heterocycles. The summed E-state index contributed by atoms with van der Waals surface area (Å²) in [5, 5.41) is 6.31. The fourth-order valence-corrected chi connectivity index (χ4v) is 1.09. The quantitative estimate of drug-likeness (QED) is 0.803. The van der Waals surface area contributed by atoms with Gasteiger partial charge in [0.05, 0.1) is 6.20 Å². The number of aromatic nitrogens is 4. The maximum absolute atomic E-state index is 11.9. The minimum Gasteiger partial charge on any atom is -0.467 e. The molecular formula is C7H6F3N5O. The lowest BCUT2D eigenvalue weighted by Gasteiger charge is -2.08. The summed E-state index contributed by atoms with van der Waals surface area (Å²) in [5.41, 5.74) is 5.52. The molecule has 3 N–H and O–H groups in total. The normalized spacial score (nSPS) is 11.9. The zero-order chi connectivity index (χ0) is 11.8. The molecule has 2 rings (SSSR count). The highest BCUT2D eigenvalue weighted by molar-refractivity contribution is 5.80. The second kappa shape index (κ2) is 3.51. The number of nitrogen functional groups attached to an aromatic ring is 1. The lowest BCUT2D eigenvalue weighted by atomic mass is 10.4. The van der Waals surface area contributed by atoms with E-state index in [9.17, 15) is 13.2 Å². The Hall–Kier alpha value is -2.06. The van der Waals surface area contributed by atoms with E-state index in [2.05, 4.69) is 24.9 Å². The van der Waals surface area contributed by atoms with Crippen molar-refractivity contribution in [3.05, 3.63) is 6.20 Å². The molecule has 0 aliphatic rings. The highest BCUT2D eigenvalue weighted by Gasteiger charge is 2.29. The Morgan fingerprint density at radius 1 is 1.38 bits per heavy atom. The first kappa shape index (κ1) is 10.5. The number of ether oxygens (including phenoxy) is 1. The molecular weight excluding hydrogens is 227 g/mol. The van der Waals surface area contributed by atoms with Crippen molar-refractivity contribution in [3.8, 4) is 5.88 Å². The molecule has 2 aromatic rings.